The lowest BCUT2D eigenvalue weighted by Gasteiger charge is -2.31. The third-order valence-corrected chi connectivity index (χ3v) is 3.52. The zero-order valence-electron chi connectivity index (χ0n) is 11.0. The zero-order chi connectivity index (χ0) is 13.8. The highest BCUT2D eigenvalue weighted by atomic mass is 19.1. The molecule has 2 rings (SSSR count). The second-order valence-electron chi connectivity index (χ2n) is 4.92. The molecule has 0 saturated carbocycles. The van der Waals surface area contributed by atoms with Gasteiger partial charge in [0.05, 0.1) is 5.92 Å². The molecule has 1 aliphatic rings. The van der Waals surface area contributed by atoms with Gasteiger partial charge < -0.3 is 5.32 Å². The molecule has 104 valence electrons. The highest BCUT2D eigenvalue weighted by Crippen LogP contribution is 2.20. The van der Waals surface area contributed by atoms with Crippen molar-refractivity contribution >= 4 is 5.91 Å². The van der Waals surface area contributed by atoms with Crippen LogP contribution in [0.5, 0.6) is 0 Å². The van der Waals surface area contributed by atoms with E-state index in [1.54, 1.807) is 7.05 Å². The second kappa shape index (κ2) is 6.10. The van der Waals surface area contributed by atoms with Gasteiger partial charge in [-0.15, -0.1) is 0 Å². The van der Waals surface area contributed by atoms with Crippen LogP contribution in [-0.4, -0.2) is 30.9 Å². The first-order valence-corrected chi connectivity index (χ1v) is 6.48. The lowest BCUT2D eigenvalue weighted by molar-refractivity contribution is -0.126. The fourth-order valence-corrected chi connectivity index (χ4v) is 2.52. The van der Waals surface area contributed by atoms with Crippen molar-refractivity contribution < 1.29 is 13.6 Å². The van der Waals surface area contributed by atoms with Crippen LogP contribution >= 0.6 is 0 Å². The zero-order valence-corrected chi connectivity index (χ0v) is 11.0. The summed E-state index contributed by atoms with van der Waals surface area (Å²) in [5, 5.41) is 2.64. The summed E-state index contributed by atoms with van der Waals surface area (Å²) in [5.74, 6) is -0.875. The maximum Gasteiger partial charge on any atom is 0.224 e. The molecule has 1 aliphatic heterocycles. The third kappa shape index (κ3) is 3.50. The Morgan fingerprint density at radius 2 is 2.26 bits per heavy atom. The van der Waals surface area contributed by atoms with Crippen LogP contribution in [0.4, 0.5) is 8.78 Å². The molecule has 1 N–H and O–H groups in total. The lowest BCUT2D eigenvalue weighted by Crippen LogP contribution is -2.41. The monoisotopic (exact) mass is 268 g/mol. The van der Waals surface area contributed by atoms with Crippen molar-refractivity contribution in [1.82, 2.24) is 10.2 Å². The normalized spacial score (nSPS) is 20.3. The van der Waals surface area contributed by atoms with Gasteiger partial charge in [-0.2, -0.15) is 0 Å². The number of hydrogen-bond donors (Lipinski definition) is 1. The summed E-state index contributed by atoms with van der Waals surface area (Å²) < 4.78 is 26.7. The maximum absolute atomic E-state index is 13.6. The van der Waals surface area contributed by atoms with Gasteiger partial charge in [-0.1, -0.05) is 0 Å². The lowest BCUT2D eigenvalue weighted by atomic mass is 9.96. The van der Waals surface area contributed by atoms with Gasteiger partial charge in [0.2, 0.25) is 5.91 Å². The van der Waals surface area contributed by atoms with Crippen molar-refractivity contribution in [2.45, 2.75) is 19.4 Å². The fraction of sp³-hybridized carbons (Fsp3) is 0.500. The summed E-state index contributed by atoms with van der Waals surface area (Å²) in [5.41, 5.74) is 0.345. The van der Waals surface area contributed by atoms with Crippen LogP contribution < -0.4 is 5.32 Å². The predicted octanol–water partition coefficient (Wildman–Crippen LogP) is 1.92. The van der Waals surface area contributed by atoms with Gasteiger partial charge in [-0.05, 0) is 37.6 Å². The first-order chi connectivity index (χ1) is 9.10. The van der Waals surface area contributed by atoms with Crippen molar-refractivity contribution in [3.05, 3.63) is 35.4 Å². The second-order valence-corrected chi connectivity index (χ2v) is 4.92. The Morgan fingerprint density at radius 1 is 1.47 bits per heavy atom. The summed E-state index contributed by atoms with van der Waals surface area (Å²) >= 11 is 0. The quantitative estimate of drug-likeness (QED) is 0.908. The summed E-state index contributed by atoms with van der Waals surface area (Å²) in [6.45, 7) is 1.75. The molecule has 19 heavy (non-hydrogen) atoms. The molecule has 1 aromatic carbocycles. The minimum absolute atomic E-state index is 0.0180. The van der Waals surface area contributed by atoms with Crippen molar-refractivity contribution in [1.29, 1.82) is 0 Å². The van der Waals surface area contributed by atoms with Gasteiger partial charge in [-0.25, -0.2) is 8.78 Å². The molecule has 0 aromatic heterocycles. The average Bonchev–Trinajstić information content (AvgIpc) is 2.42. The average molecular weight is 268 g/mol. The number of nitrogens with one attached hydrogen (secondary N) is 1. The molecule has 5 heteroatoms. The Kier molecular flexibility index (Phi) is 4.47. The van der Waals surface area contributed by atoms with E-state index in [2.05, 4.69) is 5.32 Å². The Hall–Kier alpha value is -1.49. The van der Waals surface area contributed by atoms with Gasteiger partial charge in [0.25, 0.3) is 0 Å². The standard InChI is InChI=1S/C14H18F2N2O/c1-17-14(19)10-3-2-6-18(8-10)9-11-7-12(15)4-5-13(11)16/h4-5,7,10H,2-3,6,8-9H2,1H3,(H,17,19). The number of benzene rings is 1. The molecule has 3 nitrogen and oxygen atoms in total. The van der Waals surface area contributed by atoms with Gasteiger partial charge in [0.15, 0.2) is 0 Å². The van der Waals surface area contributed by atoms with Crippen molar-refractivity contribution in [3.8, 4) is 0 Å². The Morgan fingerprint density at radius 3 is 3.00 bits per heavy atom. The number of carbonyl (C=O) groups excluding carboxylic acids is 1. The van der Waals surface area contributed by atoms with E-state index in [0.717, 1.165) is 31.5 Å². The van der Waals surface area contributed by atoms with E-state index < -0.39 is 11.6 Å². The molecule has 1 heterocycles. The number of nitrogens with zero attached hydrogens (tertiary/aromatic N) is 1. The predicted molar refractivity (Wildman–Crippen MR) is 68.4 cm³/mol. The number of carbonyl (C=O) groups is 1. The van der Waals surface area contributed by atoms with Crippen molar-refractivity contribution in [2.75, 3.05) is 20.1 Å². The number of hydrogen-bond acceptors (Lipinski definition) is 2. The van der Waals surface area contributed by atoms with Crippen molar-refractivity contribution in [3.63, 3.8) is 0 Å². The molecule has 1 atom stereocenters. The van der Waals surface area contributed by atoms with E-state index in [0.29, 0.717) is 18.7 Å². The Balaban J connectivity index is 2.02. The molecule has 0 aliphatic carbocycles. The molecule has 0 bridgehead atoms. The van der Waals surface area contributed by atoms with E-state index in [9.17, 15) is 13.6 Å². The van der Waals surface area contributed by atoms with Gasteiger partial charge in [0, 0.05) is 25.7 Å². The van der Waals surface area contributed by atoms with E-state index in [-0.39, 0.29) is 11.8 Å². The Bertz CT molecular complexity index is 465. The highest BCUT2D eigenvalue weighted by molar-refractivity contribution is 5.78. The van der Waals surface area contributed by atoms with E-state index in [4.69, 9.17) is 0 Å². The van der Waals surface area contributed by atoms with Gasteiger partial charge in [-0.3, -0.25) is 9.69 Å². The number of halogens is 2. The van der Waals surface area contributed by atoms with E-state index in [1.807, 2.05) is 4.90 Å². The fourth-order valence-electron chi connectivity index (χ4n) is 2.52. The first kappa shape index (κ1) is 13.9. The summed E-state index contributed by atoms with van der Waals surface area (Å²) in [6, 6.07) is 3.48. The maximum atomic E-state index is 13.6. The molecule has 1 amide bonds. The third-order valence-electron chi connectivity index (χ3n) is 3.52. The minimum atomic E-state index is -0.434. The van der Waals surface area contributed by atoms with Crippen LogP contribution in [0.1, 0.15) is 18.4 Å². The summed E-state index contributed by atoms with van der Waals surface area (Å²) in [4.78, 5) is 13.6. The van der Waals surface area contributed by atoms with Crippen LogP contribution in [0.25, 0.3) is 0 Å². The number of rotatable bonds is 3. The largest absolute Gasteiger partial charge is 0.359 e. The molecular formula is C14H18F2N2O. The molecule has 1 unspecified atom stereocenters. The molecule has 0 spiro atoms. The number of piperidine rings is 1. The van der Waals surface area contributed by atoms with Gasteiger partial charge >= 0.3 is 0 Å². The minimum Gasteiger partial charge on any atom is -0.359 e. The van der Waals surface area contributed by atoms with Crippen LogP contribution in [0, 0.1) is 17.6 Å². The van der Waals surface area contributed by atoms with Crippen molar-refractivity contribution in [2.24, 2.45) is 5.92 Å². The van der Waals surface area contributed by atoms with Crippen LogP contribution in [-0.2, 0) is 11.3 Å². The SMILES string of the molecule is CNC(=O)C1CCCN(Cc2cc(F)ccc2F)C1. The Labute approximate surface area is 111 Å². The van der Waals surface area contributed by atoms with Gasteiger partial charge in [0.1, 0.15) is 11.6 Å². The smallest absolute Gasteiger partial charge is 0.224 e. The van der Waals surface area contributed by atoms with Crippen LogP contribution in [0.15, 0.2) is 18.2 Å². The van der Waals surface area contributed by atoms with E-state index in [1.165, 1.54) is 6.07 Å². The molecule has 1 fully saturated rings. The summed E-state index contributed by atoms with van der Waals surface area (Å²) in [7, 11) is 1.62. The molecule has 0 radical (unpaired) electrons. The number of amides is 1. The van der Waals surface area contributed by atoms with Crippen LogP contribution in [0.3, 0.4) is 0 Å². The first-order valence-electron chi connectivity index (χ1n) is 6.48. The van der Waals surface area contributed by atoms with E-state index >= 15 is 0 Å². The summed E-state index contributed by atoms with van der Waals surface area (Å²) in [6.07, 6.45) is 1.75. The molecule has 1 saturated heterocycles. The molecule has 1 aromatic rings. The number of likely N-dealkylation sites (tertiary alicyclic amines) is 1. The molecular weight excluding hydrogens is 250 g/mol. The van der Waals surface area contributed by atoms with Crippen LogP contribution in [0.2, 0.25) is 0 Å². The topological polar surface area (TPSA) is 32.3 Å². The highest BCUT2D eigenvalue weighted by Gasteiger charge is 2.25.